The largest absolute Gasteiger partial charge is 0.354 e. The Labute approximate surface area is 160 Å². The molecule has 0 amide bonds. The molecular weight excluding hydrogens is 368 g/mol. The molecule has 0 saturated carbocycles. The van der Waals surface area contributed by atoms with Crippen LogP contribution in [0.2, 0.25) is 0 Å². The van der Waals surface area contributed by atoms with Crippen LogP contribution in [0.25, 0.3) is 22.4 Å². The molecule has 3 heterocycles. The minimum Gasteiger partial charge on any atom is -0.354 e. The van der Waals surface area contributed by atoms with Gasteiger partial charge in [0, 0.05) is 25.3 Å². The van der Waals surface area contributed by atoms with Gasteiger partial charge in [-0.25, -0.2) is 23.7 Å². The minimum absolute atomic E-state index is 0.143. The maximum atomic E-state index is 14.5. The van der Waals surface area contributed by atoms with Gasteiger partial charge in [0.05, 0.1) is 24.5 Å². The first kappa shape index (κ1) is 18.6. The summed E-state index contributed by atoms with van der Waals surface area (Å²) in [6, 6.07) is 3.37. The van der Waals surface area contributed by atoms with Crippen molar-refractivity contribution in [2.75, 3.05) is 31.7 Å². The molecule has 1 atom stereocenters. The third-order valence-electron chi connectivity index (χ3n) is 4.70. The predicted octanol–water partition coefficient (Wildman–Crippen LogP) is 2.79. The van der Waals surface area contributed by atoms with Crippen LogP contribution in [-0.4, -0.2) is 53.0 Å². The van der Waals surface area contributed by atoms with Gasteiger partial charge in [-0.15, -0.1) is 0 Å². The number of hydrogen-bond acceptors (Lipinski definition) is 7. The number of hydrogen-bond donors (Lipinski definition) is 0. The van der Waals surface area contributed by atoms with Gasteiger partial charge in [-0.2, -0.15) is 4.98 Å². The molecule has 2 aromatic heterocycles. The van der Waals surface area contributed by atoms with E-state index in [1.54, 1.807) is 7.11 Å². The summed E-state index contributed by atoms with van der Waals surface area (Å²) < 4.78 is 38.7. The second-order valence-corrected chi connectivity index (χ2v) is 6.55. The van der Waals surface area contributed by atoms with E-state index in [9.17, 15) is 8.78 Å². The van der Waals surface area contributed by atoms with E-state index in [1.165, 1.54) is 12.1 Å². The topological polar surface area (TPSA) is 73.3 Å². The summed E-state index contributed by atoms with van der Waals surface area (Å²) in [6.45, 7) is 5.06. The van der Waals surface area contributed by atoms with E-state index in [2.05, 4.69) is 19.9 Å². The van der Waals surface area contributed by atoms with Gasteiger partial charge in [0.2, 0.25) is 5.95 Å². The molecule has 7 nitrogen and oxygen atoms in total. The molecule has 146 valence electrons. The van der Waals surface area contributed by atoms with Crippen LogP contribution in [0.4, 0.5) is 14.7 Å². The van der Waals surface area contributed by atoms with Crippen LogP contribution in [0.15, 0.2) is 18.2 Å². The van der Waals surface area contributed by atoms with Crippen LogP contribution in [0.3, 0.4) is 0 Å². The number of anilines is 1. The number of nitrogens with zero attached hydrogens (tertiary/aromatic N) is 5. The van der Waals surface area contributed by atoms with Gasteiger partial charge in [0.1, 0.15) is 22.8 Å². The third kappa shape index (κ3) is 3.38. The summed E-state index contributed by atoms with van der Waals surface area (Å²) >= 11 is 0. The number of aryl methyl sites for hydroxylation is 2. The van der Waals surface area contributed by atoms with E-state index in [1.807, 2.05) is 18.7 Å². The van der Waals surface area contributed by atoms with E-state index in [-0.39, 0.29) is 11.3 Å². The maximum Gasteiger partial charge on any atom is 0.228 e. The summed E-state index contributed by atoms with van der Waals surface area (Å²) in [5, 5.41) is 0. The van der Waals surface area contributed by atoms with Crippen LogP contribution in [-0.2, 0) is 9.47 Å². The molecule has 0 aliphatic carbocycles. The summed E-state index contributed by atoms with van der Waals surface area (Å²) in [5.74, 6) is -1.01. The molecule has 1 aromatic carbocycles. The second kappa shape index (κ2) is 7.33. The van der Waals surface area contributed by atoms with E-state index < -0.39 is 17.9 Å². The first-order chi connectivity index (χ1) is 13.5. The summed E-state index contributed by atoms with van der Waals surface area (Å²) in [4.78, 5) is 20.0. The summed E-state index contributed by atoms with van der Waals surface area (Å²) in [7, 11) is 1.56. The quantitative estimate of drug-likeness (QED) is 0.684. The highest BCUT2D eigenvalue weighted by Crippen LogP contribution is 2.29. The molecular formula is C19H19F2N5O2. The molecule has 0 N–H and O–H groups in total. The SMILES string of the molecule is COC1CN(c2nc(-c3ccc(F)cc3F)c3nc(C)c(C)nc3n2)CCO1. The Hall–Kier alpha value is -2.78. The molecule has 0 spiro atoms. The van der Waals surface area contributed by atoms with Crippen molar-refractivity contribution >= 4 is 17.1 Å². The number of aromatic nitrogens is 4. The zero-order valence-corrected chi connectivity index (χ0v) is 15.7. The number of rotatable bonds is 3. The first-order valence-corrected chi connectivity index (χ1v) is 8.84. The molecule has 1 unspecified atom stereocenters. The average molecular weight is 387 g/mol. The van der Waals surface area contributed by atoms with Crippen LogP contribution in [0.5, 0.6) is 0 Å². The predicted molar refractivity (Wildman–Crippen MR) is 98.9 cm³/mol. The molecule has 9 heteroatoms. The van der Waals surface area contributed by atoms with Gasteiger partial charge in [-0.1, -0.05) is 0 Å². The standard InChI is InChI=1S/C19H19F2N5O2/c1-10-11(2)23-18-17(22-10)16(13-5-4-12(20)8-14(13)21)24-19(25-18)26-6-7-28-15(9-26)27-3/h4-5,8,15H,6-7,9H2,1-3H3. The van der Waals surface area contributed by atoms with Gasteiger partial charge in [-0.05, 0) is 26.0 Å². The first-order valence-electron chi connectivity index (χ1n) is 8.84. The zero-order chi connectivity index (χ0) is 19.8. The normalized spacial score (nSPS) is 17.3. The van der Waals surface area contributed by atoms with E-state index in [0.29, 0.717) is 42.5 Å². The van der Waals surface area contributed by atoms with Crippen molar-refractivity contribution in [3.63, 3.8) is 0 Å². The van der Waals surface area contributed by atoms with Crippen molar-refractivity contribution in [2.45, 2.75) is 20.1 Å². The number of benzene rings is 1. The van der Waals surface area contributed by atoms with E-state index >= 15 is 0 Å². The Morgan fingerprint density at radius 3 is 2.64 bits per heavy atom. The number of halogens is 2. The van der Waals surface area contributed by atoms with E-state index in [4.69, 9.17) is 9.47 Å². The highest BCUT2D eigenvalue weighted by molar-refractivity contribution is 5.88. The Bertz CT molecular complexity index is 1050. The van der Waals surface area contributed by atoms with Crippen LogP contribution in [0.1, 0.15) is 11.4 Å². The minimum atomic E-state index is -0.720. The van der Waals surface area contributed by atoms with Gasteiger partial charge in [0.25, 0.3) is 0 Å². The van der Waals surface area contributed by atoms with Crippen molar-refractivity contribution in [2.24, 2.45) is 0 Å². The lowest BCUT2D eigenvalue weighted by atomic mass is 10.1. The Morgan fingerprint density at radius 2 is 1.89 bits per heavy atom. The van der Waals surface area contributed by atoms with Crippen molar-refractivity contribution in [3.05, 3.63) is 41.2 Å². The average Bonchev–Trinajstić information content (AvgIpc) is 2.68. The fourth-order valence-electron chi connectivity index (χ4n) is 3.05. The molecule has 0 bridgehead atoms. The molecule has 4 rings (SSSR count). The summed E-state index contributed by atoms with van der Waals surface area (Å²) in [5.41, 5.74) is 2.55. The molecule has 1 aliphatic heterocycles. The second-order valence-electron chi connectivity index (χ2n) is 6.55. The van der Waals surface area contributed by atoms with Crippen molar-refractivity contribution < 1.29 is 18.3 Å². The molecule has 3 aromatic rings. The Balaban J connectivity index is 1.92. The van der Waals surface area contributed by atoms with Crippen molar-refractivity contribution in [3.8, 4) is 11.3 Å². The van der Waals surface area contributed by atoms with Crippen LogP contribution < -0.4 is 4.90 Å². The highest BCUT2D eigenvalue weighted by atomic mass is 19.1. The smallest absolute Gasteiger partial charge is 0.228 e. The number of ether oxygens (including phenoxy) is 2. The van der Waals surface area contributed by atoms with Crippen LogP contribution >= 0.6 is 0 Å². The highest BCUT2D eigenvalue weighted by Gasteiger charge is 2.25. The Kier molecular flexibility index (Phi) is 4.86. The van der Waals surface area contributed by atoms with Crippen LogP contribution in [0, 0.1) is 25.5 Å². The maximum absolute atomic E-state index is 14.5. The lowest BCUT2D eigenvalue weighted by Gasteiger charge is -2.32. The van der Waals surface area contributed by atoms with Gasteiger partial charge in [0.15, 0.2) is 11.9 Å². The summed E-state index contributed by atoms with van der Waals surface area (Å²) in [6.07, 6.45) is -0.412. The van der Waals surface area contributed by atoms with Crippen molar-refractivity contribution in [1.82, 2.24) is 19.9 Å². The zero-order valence-electron chi connectivity index (χ0n) is 15.7. The molecule has 1 saturated heterocycles. The molecule has 0 radical (unpaired) electrons. The van der Waals surface area contributed by atoms with Gasteiger partial charge in [-0.3, -0.25) is 0 Å². The number of fused-ring (bicyclic) bond motifs is 1. The third-order valence-corrected chi connectivity index (χ3v) is 4.70. The van der Waals surface area contributed by atoms with Crippen molar-refractivity contribution in [1.29, 1.82) is 0 Å². The molecule has 1 aliphatic rings. The molecule has 28 heavy (non-hydrogen) atoms. The van der Waals surface area contributed by atoms with E-state index in [0.717, 1.165) is 11.8 Å². The number of morpholine rings is 1. The number of methoxy groups -OCH3 is 1. The lowest BCUT2D eigenvalue weighted by molar-refractivity contribution is -0.128. The Morgan fingerprint density at radius 1 is 1.11 bits per heavy atom. The fourth-order valence-corrected chi connectivity index (χ4v) is 3.05. The molecule has 1 fully saturated rings. The van der Waals surface area contributed by atoms with Gasteiger partial charge >= 0.3 is 0 Å². The van der Waals surface area contributed by atoms with Gasteiger partial charge < -0.3 is 14.4 Å². The fraction of sp³-hybridized carbons (Fsp3) is 0.368. The monoisotopic (exact) mass is 387 g/mol. The lowest BCUT2D eigenvalue weighted by Crippen LogP contribution is -2.44.